The minimum atomic E-state index is -0.997. The number of rotatable bonds is 8. The number of carboxylic acids is 1. The van der Waals surface area contributed by atoms with E-state index < -0.39 is 24.1 Å². The summed E-state index contributed by atoms with van der Waals surface area (Å²) in [6, 6.07) is 14.8. The molecule has 2 aromatic rings. The maximum atomic E-state index is 13.4. The summed E-state index contributed by atoms with van der Waals surface area (Å²) in [6.45, 7) is 4.77. The van der Waals surface area contributed by atoms with Crippen LogP contribution in [0.15, 0.2) is 48.5 Å². The average Bonchev–Trinajstić information content (AvgIpc) is 3.19. The van der Waals surface area contributed by atoms with Crippen LogP contribution >= 0.6 is 0 Å². The van der Waals surface area contributed by atoms with Crippen molar-refractivity contribution in [2.75, 3.05) is 26.4 Å². The lowest BCUT2D eigenvalue weighted by Gasteiger charge is -2.38. The molecule has 186 valence electrons. The molecular weight excluding hydrogens is 448 g/mol. The van der Waals surface area contributed by atoms with Crippen molar-refractivity contribution in [3.05, 3.63) is 59.7 Å². The Morgan fingerprint density at radius 3 is 2.34 bits per heavy atom. The molecule has 35 heavy (non-hydrogen) atoms. The summed E-state index contributed by atoms with van der Waals surface area (Å²) in [7, 11) is 0. The molecule has 0 saturated carbocycles. The first kappa shape index (κ1) is 24.7. The lowest BCUT2D eigenvalue weighted by Crippen LogP contribution is -2.58. The van der Waals surface area contributed by atoms with Crippen molar-refractivity contribution < 1.29 is 29.0 Å². The first-order valence-corrected chi connectivity index (χ1v) is 12.1. The molecule has 2 aliphatic rings. The van der Waals surface area contributed by atoms with E-state index in [2.05, 4.69) is 17.4 Å². The molecule has 8 heteroatoms. The van der Waals surface area contributed by atoms with Crippen molar-refractivity contribution in [1.29, 1.82) is 0 Å². The van der Waals surface area contributed by atoms with Crippen LogP contribution in [0.25, 0.3) is 11.1 Å². The van der Waals surface area contributed by atoms with E-state index in [1.54, 1.807) is 0 Å². The van der Waals surface area contributed by atoms with Gasteiger partial charge in [-0.25, -0.2) is 4.79 Å². The second-order valence-corrected chi connectivity index (χ2v) is 9.19. The molecule has 0 aromatic heterocycles. The van der Waals surface area contributed by atoms with Gasteiger partial charge in [0, 0.05) is 12.5 Å². The Bertz CT molecular complexity index is 1040. The number of nitrogens with one attached hydrogen (secondary N) is 1. The number of ether oxygens (including phenoxy) is 2. The van der Waals surface area contributed by atoms with E-state index in [9.17, 15) is 19.5 Å². The highest BCUT2D eigenvalue weighted by molar-refractivity contribution is 5.87. The van der Waals surface area contributed by atoms with Crippen LogP contribution in [0.1, 0.15) is 43.7 Å². The highest BCUT2D eigenvalue weighted by Gasteiger charge is 2.37. The summed E-state index contributed by atoms with van der Waals surface area (Å²) in [4.78, 5) is 39.1. The van der Waals surface area contributed by atoms with Gasteiger partial charge in [0.1, 0.15) is 12.6 Å². The van der Waals surface area contributed by atoms with Gasteiger partial charge in [-0.3, -0.25) is 9.59 Å². The fourth-order valence-corrected chi connectivity index (χ4v) is 4.94. The summed E-state index contributed by atoms with van der Waals surface area (Å²) in [5.74, 6) is -1.54. The number of carboxylic acid groups (broad SMARTS) is 1. The van der Waals surface area contributed by atoms with Crippen LogP contribution in [-0.4, -0.2) is 66.4 Å². The minimum Gasteiger partial charge on any atom is -0.481 e. The lowest BCUT2D eigenvalue weighted by molar-refractivity contribution is -0.148. The van der Waals surface area contributed by atoms with Gasteiger partial charge in [0.25, 0.3) is 0 Å². The molecule has 0 radical (unpaired) electrons. The zero-order chi connectivity index (χ0) is 24.9. The standard InChI is InChI=1S/C27H32N2O6/c1-3-17(2)25(26(32)29-12-13-34-15-18(29)14-24(30)31)28-27(33)35-16-23-21-10-6-4-8-19(21)20-9-5-7-11-22(20)23/h4-11,17-18,23,25H,3,12-16H2,1-2H3,(H,28,33)(H,30,31)/t17-,18?,25-/m0/s1. The molecule has 1 fully saturated rings. The number of amides is 2. The molecule has 1 aliphatic heterocycles. The molecule has 2 amide bonds. The van der Waals surface area contributed by atoms with E-state index >= 15 is 0 Å². The number of benzene rings is 2. The van der Waals surface area contributed by atoms with E-state index in [-0.39, 0.29) is 43.9 Å². The number of hydrogen-bond acceptors (Lipinski definition) is 5. The first-order valence-electron chi connectivity index (χ1n) is 12.1. The lowest BCUT2D eigenvalue weighted by atomic mass is 9.96. The van der Waals surface area contributed by atoms with E-state index in [1.165, 1.54) is 4.90 Å². The molecule has 3 atom stereocenters. The highest BCUT2D eigenvalue weighted by atomic mass is 16.5. The number of hydrogen-bond donors (Lipinski definition) is 2. The Labute approximate surface area is 205 Å². The van der Waals surface area contributed by atoms with Crippen LogP contribution < -0.4 is 5.32 Å². The van der Waals surface area contributed by atoms with Gasteiger partial charge in [-0.15, -0.1) is 0 Å². The maximum Gasteiger partial charge on any atom is 0.407 e. The van der Waals surface area contributed by atoms with Crippen molar-refractivity contribution in [1.82, 2.24) is 10.2 Å². The topological polar surface area (TPSA) is 105 Å². The van der Waals surface area contributed by atoms with Crippen LogP contribution in [0, 0.1) is 5.92 Å². The first-order chi connectivity index (χ1) is 16.9. The molecule has 1 heterocycles. The predicted molar refractivity (Wildman–Crippen MR) is 130 cm³/mol. The molecule has 2 N–H and O–H groups in total. The second kappa shape index (κ2) is 10.9. The van der Waals surface area contributed by atoms with Crippen LogP contribution in [-0.2, 0) is 19.1 Å². The number of alkyl carbamates (subject to hydrolysis) is 1. The van der Waals surface area contributed by atoms with Gasteiger partial charge in [-0.2, -0.15) is 0 Å². The Hall–Kier alpha value is -3.39. The van der Waals surface area contributed by atoms with Crippen molar-refractivity contribution in [2.24, 2.45) is 5.92 Å². The van der Waals surface area contributed by atoms with E-state index in [0.29, 0.717) is 13.0 Å². The van der Waals surface area contributed by atoms with Gasteiger partial charge < -0.3 is 24.8 Å². The van der Waals surface area contributed by atoms with E-state index in [4.69, 9.17) is 9.47 Å². The molecule has 1 unspecified atom stereocenters. The molecule has 1 aliphatic carbocycles. The predicted octanol–water partition coefficient (Wildman–Crippen LogP) is 3.64. The van der Waals surface area contributed by atoms with Gasteiger partial charge in [0.05, 0.1) is 25.7 Å². The van der Waals surface area contributed by atoms with Crippen LogP contribution in [0.4, 0.5) is 4.79 Å². The van der Waals surface area contributed by atoms with Crippen LogP contribution in [0.2, 0.25) is 0 Å². The fourth-order valence-electron chi connectivity index (χ4n) is 4.94. The quantitative estimate of drug-likeness (QED) is 0.598. The zero-order valence-corrected chi connectivity index (χ0v) is 20.1. The normalized spacial score (nSPS) is 18.8. The third-order valence-electron chi connectivity index (χ3n) is 7.02. The van der Waals surface area contributed by atoms with Crippen LogP contribution in [0.3, 0.4) is 0 Å². The van der Waals surface area contributed by atoms with E-state index in [1.807, 2.05) is 50.2 Å². The summed E-state index contributed by atoms with van der Waals surface area (Å²) >= 11 is 0. The summed E-state index contributed by atoms with van der Waals surface area (Å²) in [6.07, 6.45) is -0.202. The number of morpholine rings is 1. The van der Waals surface area contributed by atoms with E-state index in [0.717, 1.165) is 22.3 Å². The van der Waals surface area contributed by atoms with Crippen molar-refractivity contribution in [2.45, 2.75) is 44.7 Å². The molecule has 2 aromatic carbocycles. The Balaban J connectivity index is 1.45. The number of carbonyl (C=O) groups is 3. The second-order valence-electron chi connectivity index (χ2n) is 9.19. The fraction of sp³-hybridized carbons (Fsp3) is 0.444. The SMILES string of the molecule is CC[C@H](C)[C@H](NC(=O)OCC1c2ccccc2-c2ccccc21)C(=O)N1CCOCC1CC(=O)O. The summed E-state index contributed by atoms with van der Waals surface area (Å²) in [5.41, 5.74) is 4.50. The number of carbonyl (C=O) groups excluding carboxylic acids is 2. The van der Waals surface area contributed by atoms with Crippen LogP contribution in [0.5, 0.6) is 0 Å². The number of nitrogens with zero attached hydrogens (tertiary/aromatic N) is 1. The third kappa shape index (κ3) is 5.32. The smallest absolute Gasteiger partial charge is 0.407 e. The molecule has 0 bridgehead atoms. The van der Waals surface area contributed by atoms with Crippen molar-refractivity contribution >= 4 is 18.0 Å². The monoisotopic (exact) mass is 480 g/mol. The molecule has 1 saturated heterocycles. The summed E-state index contributed by atoms with van der Waals surface area (Å²) < 4.78 is 11.0. The Morgan fingerprint density at radius 2 is 1.74 bits per heavy atom. The molecule has 4 rings (SSSR count). The van der Waals surface area contributed by atoms with Gasteiger partial charge in [0.15, 0.2) is 0 Å². The molecular formula is C27H32N2O6. The van der Waals surface area contributed by atoms with Gasteiger partial charge in [-0.05, 0) is 28.2 Å². The third-order valence-corrected chi connectivity index (χ3v) is 7.02. The minimum absolute atomic E-state index is 0.0786. The molecule has 8 nitrogen and oxygen atoms in total. The number of fused-ring (bicyclic) bond motifs is 3. The largest absolute Gasteiger partial charge is 0.481 e. The number of aliphatic carboxylic acids is 1. The van der Waals surface area contributed by atoms with Gasteiger partial charge in [-0.1, -0.05) is 68.8 Å². The Morgan fingerprint density at radius 1 is 1.11 bits per heavy atom. The molecule has 0 spiro atoms. The average molecular weight is 481 g/mol. The van der Waals surface area contributed by atoms with Crippen molar-refractivity contribution in [3.63, 3.8) is 0 Å². The maximum absolute atomic E-state index is 13.4. The summed E-state index contributed by atoms with van der Waals surface area (Å²) in [5, 5.41) is 12.0. The highest BCUT2D eigenvalue weighted by Crippen LogP contribution is 2.44. The van der Waals surface area contributed by atoms with Gasteiger partial charge in [0.2, 0.25) is 5.91 Å². The zero-order valence-electron chi connectivity index (χ0n) is 20.1. The van der Waals surface area contributed by atoms with Crippen molar-refractivity contribution in [3.8, 4) is 11.1 Å². The Kier molecular flexibility index (Phi) is 7.70. The van der Waals surface area contributed by atoms with Gasteiger partial charge >= 0.3 is 12.1 Å².